The molecule has 0 aliphatic rings. The molecule has 2 heterocycles. The number of aromatic nitrogens is 3. The summed E-state index contributed by atoms with van der Waals surface area (Å²) in [5, 5.41) is 15.0. The van der Waals surface area contributed by atoms with E-state index >= 15 is 0 Å². The summed E-state index contributed by atoms with van der Waals surface area (Å²) in [5.41, 5.74) is 1.31. The third kappa shape index (κ3) is 2.05. The van der Waals surface area contributed by atoms with E-state index in [1.54, 1.807) is 13.2 Å². The predicted octanol–water partition coefficient (Wildman–Crippen LogP) is 2.31. The van der Waals surface area contributed by atoms with Crippen molar-refractivity contribution in [2.75, 3.05) is 7.11 Å². The monoisotopic (exact) mass is 270 g/mol. The summed E-state index contributed by atoms with van der Waals surface area (Å²) in [4.78, 5) is 14.6. The number of hydrogen-bond donors (Lipinski definition) is 0. The summed E-state index contributed by atoms with van der Waals surface area (Å²) in [7, 11) is 1.58. The molecule has 1 aromatic carbocycles. The highest BCUT2D eigenvalue weighted by Crippen LogP contribution is 2.22. The molecule has 0 fully saturated rings. The van der Waals surface area contributed by atoms with E-state index in [2.05, 4.69) is 10.1 Å². The van der Waals surface area contributed by atoms with E-state index in [1.807, 2.05) is 24.3 Å². The fourth-order valence-corrected chi connectivity index (χ4v) is 1.86. The maximum Gasteiger partial charge on any atom is 0.287 e. The molecule has 0 atom stereocenters. The van der Waals surface area contributed by atoms with Gasteiger partial charge in [0.1, 0.15) is 11.9 Å². The third-order valence-electron chi connectivity index (χ3n) is 2.85. The SMILES string of the molecule is COc1cccc(-c2nc3ccc([N+](=O)[O-])cn3n2)c1. The van der Waals surface area contributed by atoms with Gasteiger partial charge in [-0.3, -0.25) is 10.1 Å². The van der Waals surface area contributed by atoms with Gasteiger partial charge < -0.3 is 4.74 Å². The van der Waals surface area contributed by atoms with E-state index in [9.17, 15) is 10.1 Å². The molecule has 0 spiro atoms. The number of nitro groups is 1. The number of fused-ring (bicyclic) bond motifs is 1. The molecule has 3 rings (SSSR count). The van der Waals surface area contributed by atoms with Crippen LogP contribution in [0.4, 0.5) is 5.69 Å². The molecular formula is C13H10N4O3. The van der Waals surface area contributed by atoms with E-state index in [0.29, 0.717) is 17.2 Å². The lowest BCUT2D eigenvalue weighted by atomic mass is 10.2. The van der Waals surface area contributed by atoms with Gasteiger partial charge in [0.2, 0.25) is 0 Å². The van der Waals surface area contributed by atoms with E-state index < -0.39 is 4.92 Å². The fraction of sp³-hybridized carbons (Fsp3) is 0.0769. The topological polar surface area (TPSA) is 82.6 Å². The Bertz CT molecular complexity index is 797. The molecule has 3 aromatic rings. The van der Waals surface area contributed by atoms with Crippen molar-refractivity contribution in [3.8, 4) is 17.1 Å². The van der Waals surface area contributed by atoms with Crippen molar-refractivity contribution in [2.24, 2.45) is 0 Å². The molecule has 7 nitrogen and oxygen atoms in total. The molecule has 100 valence electrons. The van der Waals surface area contributed by atoms with Crippen LogP contribution in [0, 0.1) is 10.1 Å². The highest BCUT2D eigenvalue weighted by molar-refractivity contribution is 5.60. The lowest BCUT2D eigenvalue weighted by Crippen LogP contribution is -1.93. The van der Waals surface area contributed by atoms with Crippen LogP contribution in [0.15, 0.2) is 42.6 Å². The van der Waals surface area contributed by atoms with Gasteiger partial charge in [0.05, 0.1) is 12.0 Å². The van der Waals surface area contributed by atoms with Gasteiger partial charge in [0, 0.05) is 11.6 Å². The third-order valence-corrected chi connectivity index (χ3v) is 2.85. The van der Waals surface area contributed by atoms with Gasteiger partial charge in [-0.25, -0.2) is 9.50 Å². The average Bonchev–Trinajstić information content (AvgIpc) is 2.90. The lowest BCUT2D eigenvalue weighted by molar-refractivity contribution is -0.385. The number of hydrogen-bond acceptors (Lipinski definition) is 5. The summed E-state index contributed by atoms with van der Waals surface area (Å²) in [6.45, 7) is 0. The number of rotatable bonds is 3. The Labute approximate surface area is 113 Å². The summed E-state index contributed by atoms with van der Waals surface area (Å²) in [5.74, 6) is 1.19. The van der Waals surface area contributed by atoms with Gasteiger partial charge >= 0.3 is 0 Å². The highest BCUT2D eigenvalue weighted by atomic mass is 16.6. The molecule has 0 aliphatic heterocycles. The number of nitrogens with zero attached hydrogens (tertiary/aromatic N) is 4. The maximum absolute atomic E-state index is 10.7. The number of benzene rings is 1. The second-order valence-electron chi connectivity index (χ2n) is 4.11. The number of ether oxygens (including phenoxy) is 1. The highest BCUT2D eigenvalue weighted by Gasteiger charge is 2.11. The molecule has 20 heavy (non-hydrogen) atoms. The molecule has 0 amide bonds. The van der Waals surface area contributed by atoms with E-state index in [4.69, 9.17) is 4.74 Å². The Kier molecular flexibility index (Phi) is 2.79. The summed E-state index contributed by atoms with van der Waals surface area (Å²) < 4.78 is 6.55. The Morgan fingerprint density at radius 2 is 2.15 bits per heavy atom. The van der Waals surface area contributed by atoms with Crippen LogP contribution in [-0.2, 0) is 0 Å². The smallest absolute Gasteiger partial charge is 0.287 e. The number of methoxy groups -OCH3 is 1. The van der Waals surface area contributed by atoms with E-state index in [0.717, 1.165) is 5.56 Å². The summed E-state index contributed by atoms with van der Waals surface area (Å²) in [6, 6.07) is 10.3. The first-order valence-corrected chi connectivity index (χ1v) is 5.82. The molecule has 0 unspecified atom stereocenters. The summed E-state index contributed by atoms with van der Waals surface area (Å²) >= 11 is 0. The van der Waals surface area contributed by atoms with Crippen molar-refractivity contribution in [3.63, 3.8) is 0 Å². The second kappa shape index (κ2) is 4.61. The van der Waals surface area contributed by atoms with E-state index in [-0.39, 0.29) is 5.69 Å². The first-order valence-electron chi connectivity index (χ1n) is 5.82. The molecule has 0 saturated heterocycles. The summed E-state index contributed by atoms with van der Waals surface area (Å²) in [6.07, 6.45) is 1.34. The zero-order valence-electron chi connectivity index (χ0n) is 10.6. The van der Waals surface area contributed by atoms with Crippen LogP contribution in [0.25, 0.3) is 17.0 Å². The maximum atomic E-state index is 10.7. The van der Waals surface area contributed by atoms with Crippen molar-refractivity contribution < 1.29 is 9.66 Å². The minimum atomic E-state index is -0.466. The Morgan fingerprint density at radius 1 is 1.30 bits per heavy atom. The quantitative estimate of drug-likeness (QED) is 0.538. The largest absolute Gasteiger partial charge is 0.497 e. The van der Waals surface area contributed by atoms with Crippen molar-refractivity contribution in [1.29, 1.82) is 0 Å². The van der Waals surface area contributed by atoms with Crippen LogP contribution in [0.3, 0.4) is 0 Å². The van der Waals surface area contributed by atoms with Crippen molar-refractivity contribution in [1.82, 2.24) is 14.6 Å². The molecular weight excluding hydrogens is 260 g/mol. The number of pyridine rings is 1. The van der Waals surface area contributed by atoms with Gasteiger partial charge in [-0.1, -0.05) is 12.1 Å². The standard InChI is InChI=1S/C13H10N4O3/c1-20-11-4-2-3-9(7-11)13-14-12-6-5-10(17(18)19)8-16(12)15-13/h2-8H,1H3. The first-order chi connectivity index (χ1) is 9.67. The first kappa shape index (κ1) is 12.1. The Hall–Kier alpha value is -2.96. The minimum absolute atomic E-state index is 0.0282. The van der Waals surface area contributed by atoms with Gasteiger partial charge in [0.25, 0.3) is 5.69 Å². The molecule has 2 aromatic heterocycles. The molecule has 0 N–H and O–H groups in total. The van der Waals surface area contributed by atoms with Crippen LogP contribution in [0.2, 0.25) is 0 Å². The van der Waals surface area contributed by atoms with Crippen LogP contribution in [0.1, 0.15) is 0 Å². The lowest BCUT2D eigenvalue weighted by Gasteiger charge is -2.00. The van der Waals surface area contributed by atoms with Crippen LogP contribution < -0.4 is 4.74 Å². The van der Waals surface area contributed by atoms with Gasteiger partial charge in [0.15, 0.2) is 11.5 Å². The fourth-order valence-electron chi connectivity index (χ4n) is 1.86. The van der Waals surface area contributed by atoms with Gasteiger partial charge in [-0.2, -0.15) is 0 Å². The van der Waals surface area contributed by atoms with Crippen LogP contribution >= 0.6 is 0 Å². The van der Waals surface area contributed by atoms with Crippen molar-refractivity contribution in [3.05, 3.63) is 52.7 Å². The molecule has 0 radical (unpaired) electrons. The van der Waals surface area contributed by atoms with Gasteiger partial charge in [-0.05, 0) is 18.2 Å². The normalized spacial score (nSPS) is 10.7. The second-order valence-corrected chi connectivity index (χ2v) is 4.11. The molecule has 0 saturated carbocycles. The van der Waals surface area contributed by atoms with Crippen LogP contribution in [-0.4, -0.2) is 26.6 Å². The Morgan fingerprint density at radius 3 is 2.90 bits per heavy atom. The predicted molar refractivity (Wildman–Crippen MR) is 71.6 cm³/mol. The molecule has 7 heteroatoms. The Balaban J connectivity index is 2.10. The zero-order chi connectivity index (χ0) is 14.1. The zero-order valence-corrected chi connectivity index (χ0v) is 10.6. The molecule has 0 bridgehead atoms. The van der Waals surface area contributed by atoms with Gasteiger partial charge in [-0.15, -0.1) is 5.10 Å². The minimum Gasteiger partial charge on any atom is -0.497 e. The average molecular weight is 270 g/mol. The van der Waals surface area contributed by atoms with Crippen LogP contribution in [0.5, 0.6) is 5.75 Å². The molecule has 0 aliphatic carbocycles. The van der Waals surface area contributed by atoms with Crippen molar-refractivity contribution >= 4 is 11.3 Å². The van der Waals surface area contributed by atoms with E-state index in [1.165, 1.54) is 16.8 Å². The van der Waals surface area contributed by atoms with Crippen molar-refractivity contribution in [2.45, 2.75) is 0 Å².